The fourth-order valence-electron chi connectivity index (χ4n) is 4.35. The standard InChI is InChI=1S/C27H19N3O2/c1-29-27(19-11-7-15-23-25(19)17-9-3-5-13-21(17)32-23)30-26(28)18-10-6-14-22-24(18)16-8-2-4-12-20(16)31-22/h2-15H,1H3,(H2,28,29,30). The van der Waals surface area contributed by atoms with Crippen molar-refractivity contribution >= 4 is 55.5 Å². The van der Waals surface area contributed by atoms with Crippen molar-refractivity contribution < 1.29 is 8.83 Å². The minimum Gasteiger partial charge on any atom is -0.456 e. The van der Waals surface area contributed by atoms with Crippen LogP contribution in [0.1, 0.15) is 11.1 Å². The first-order chi connectivity index (χ1) is 15.7. The molecular weight excluding hydrogens is 398 g/mol. The maximum absolute atomic E-state index is 6.56. The van der Waals surface area contributed by atoms with Gasteiger partial charge in [0.25, 0.3) is 0 Å². The van der Waals surface area contributed by atoms with Crippen molar-refractivity contribution in [2.45, 2.75) is 0 Å². The number of para-hydroxylation sites is 2. The molecular formula is C27H19N3O2. The first-order valence-corrected chi connectivity index (χ1v) is 10.4. The quantitative estimate of drug-likeness (QED) is 0.266. The van der Waals surface area contributed by atoms with Crippen molar-refractivity contribution in [3.8, 4) is 0 Å². The predicted molar refractivity (Wildman–Crippen MR) is 131 cm³/mol. The Bertz CT molecular complexity index is 1700. The number of furan rings is 2. The Balaban J connectivity index is 1.56. The number of rotatable bonds is 2. The number of amidine groups is 2. The molecule has 0 aliphatic heterocycles. The summed E-state index contributed by atoms with van der Waals surface area (Å²) in [5, 5.41) is 3.96. The molecule has 0 unspecified atom stereocenters. The van der Waals surface area contributed by atoms with Crippen LogP contribution in [0.4, 0.5) is 0 Å². The van der Waals surface area contributed by atoms with Crippen LogP contribution < -0.4 is 5.73 Å². The van der Waals surface area contributed by atoms with E-state index in [0.29, 0.717) is 11.7 Å². The van der Waals surface area contributed by atoms with Crippen molar-refractivity contribution in [2.24, 2.45) is 15.7 Å². The van der Waals surface area contributed by atoms with Crippen molar-refractivity contribution in [3.63, 3.8) is 0 Å². The first kappa shape index (κ1) is 18.4. The third-order valence-corrected chi connectivity index (χ3v) is 5.76. The SMILES string of the molecule is CN=C(N=C(N)c1cccc2oc3ccccc3c12)c1cccc2oc3ccccc3c12. The summed E-state index contributed by atoms with van der Waals surface area (Å²) < 4.78 is 12.0. The maximum atomic E-state index is 6.56. The highest BCUT2D eigenvalue weighted by Crippen LogP contribution is 2.33. The van der Waals surface area contributed by atoms with E-state index in [2.05, 4.69) is 4.99 Å². The van der Waals surface area contributed by atoms with Crippen LogP contribution in [0.15, 0.2) is 104 Å². The zero-order valence-electron chi connectivity index (χ0n) is 17.4. The van der Waals surface area contributed by atoms with Gasteiger partial charge in [-0.3, -0.25) is 4.99 Å². The molecule has 0 atom stereocenters. The van der Waals surface area contributed by atoms with E-state index in [-0.39, 0.29) is 0 Å². The Morgan fingerprint density at radius 1 is 0.625 bits per heavy atom. The molecule has 154 valence electrons. The van der Waals surface area contributed by atoms with Crippen LogP contribution in [0.5, 0.6) is 0 Å². The van der Waals surface area contributed by atoms with Crippen LogP contribution in [0.25, 0.3) is 43.9 Å². The molecule has 0 amide bonds. The summed E-state index contributed by atoms with van der Waals surface area (Å²) >= 11 is 0. The molecule has 0 spiro atoms. The average Bonchev–Trinajstić information content (AvgIpc) is 3.40. The van der Waals surface area contributed by atoms with Gasteiger partial charge in [0.15, 0.2) is 5.84 Å². The highest BCUT2D eigenvalue weighted by Gasteiger charge is 2.17. The predicted octanol–water partition coefficient (Wildman–Crippen LogP) is 6.27. The fraction of sp³-hybridized carbons (Fsp3) is 0.0370. The zero-order chi connectivity index (χ0) is 21.7. The monoisotopic (exact) mass is 417 g/mol. The zero-order valence-corrected chi connectivity index (χ0v) is 17.4. The summed E-state index contributed by atoms with van der Waals surface area (Å²) in [5.41, 5.74) is 11.5. The number of nitrogens with zero attached hydrogens (tertiary/aromatic N) is 2. The molecule has 2 N–H and O–H groups in total. The Kier molecular flexibility index (Phi) is 4.08. The molecule has 2 aromatic heterocycles. The van der Waals surface area contributed by atoms with Crippen LogP contribution in [0.2, 0.25) is 0 Å². The minimum atomic E-state index is 0.382. The number of hydrogen-bond donors (Lipinski definition) is 1. The number of aliphatic imine (C=N–C) groups is 2. The van der Waals surface area contributed by atoms with Crippen molar-refractivity contribution in [2.75, 3.05) is 7.05 Å². The van der Waals surface area contributed by atoms with E-state index in [1.165, 1.54) is 0 Å². The second-order valence-corrected chi connectivity index (χ2v) is 7.60. The smallest absolute Gasteiger partial charge is 0.157 e. The van der Waals surface area contributed by atoms with Crippen LogP contribution in [-0.2, 0) is 0 Å². The summed E-state index contributed by atoms with van der Waals surface area (Å²) in [6.07, 6.45) is 0. The maximum Gasteiger partial charge on any atom is 0.157 e. The topological polar surface area (TPSA) is 77.0 Å². The van der Waals surface area contributed by atoms with E-state index >= 15 is 0 Å². The lowest BCUT2D eigenvalue weighted by Crippen LogP contribution is -2.16. The van der Waals surface area contributed by atoms with Crippen molar-refractivity contribution in [1.82, 2.24) is 0 Å². The van der Waals surface area contributed by atoms with Gasteiger partial charge in [-0.25, -0.2) is 4.99 Å². The molecule has 5 heteroatoms. The van der Waals surface area contributed by atoms with Crippen LogP contribution in [0, 0.1) is 0 Å². The normalized spacial score (nSPS) is 13.0. The van der Waals surface area contributed by atoms with Gasteiger partial charge in [-0.05, 0) is 24.3 Å². The highest BCUT2D eigenvalue weighted by molar-refractivity contribution is 6.24. The van der Waals surface area contributed by atoms with Gasteiger partial charge < -0.3 is 14.6 Å². The lowest BCUT2D eigenvalue weighted by molar-refractivity contribution is 0.668. The Morgan fingerprint density at radius 3 is 1.72 bits per heavy atom. The van der Waals surface area contributed by atoms with Crippen LogP contribution >= 0.6 is 0 Å². The summed E-state index contributed by atoms with van der Waals surface area (Å²) in [7, 11) is 1.72. The molecule has 6 aromatic rings. The number of fused-ring (bicyclic) bond motifs is 6. The molecule has 4 aromatic carbocycles. The lowest BCUT2D eigenvalue weighted by atomic mass is 10.0. The summed E-state index contributed by atoms with van der Waals surface area (Å²) in [6, 6.07) is 27.6. The van der Waals surface area contributed by atoms with E-state index in [4.69, 9.17) is 19.6 Å². The van der Waals surface area contributed by atoms with Gasteiger partial charge in [0, 0.05) is 39.7 Å². The Hall–Kier alpha value is -4.38. The van der Waals surface area contributed by atoms with E-state index in [0.717, 1.165) is 55.0 Å². The van der Waals surface area contributed by atoms with Gasteiger partial charge in [-0.2, -0.15) is 0 Å². The van der Waals surface area contributed by atoms with E-state index in [9.17, 15) is 0 Å². The van der Waals surface area contributed by atoms with Gasteiger partial charge in [-0.1, -0.05) is 60.7 Å². The molecule has 6 rings (SSSR count). The molecule has 0 aliphatic rings. The second kappa shape index (κ2) is 7.10. The fourth-order valence-corrected chi connectivity index (χ4v) is 4.35. The van der Waals surface area contributed by atoms with Crippen molar-refractivity contribution in [3.05, 3.63) is 96.1 Å². The third-order valence-electron chi connectivity index (χ3n) is 5.76. The molecule has 0 fully saturated rings. The van der Waals surface area contributed by atoms with Crippen LogP contribution in [0.3, 0.4) is 0 Å². The number of nitrogens with two attached hydrogens (primary N) is 1. The second-order valence-electron chi connectivity index (χ2n) is 7.60. The van der Waals surface area contributed by atoms with Gasteiger partial charge >= 0.3 is 0 Å². The first-order valence-electron chi connectivity index (χ1n) is 10.4. The highest BCUT2D eigenvalue weighted by atomic mass is 16.3. The molecule has 0 saturated heterocycles. The molecule has 0 radical (unpaired) electrons. The van der Waals surface area contributed by atoms with E-state index in [1.54, 1.807) is 7.05 Å². The van der Waals surface area contributed by atoms with Crippen LogP contribution in [-0.4, -0.2) is 18.7 Å². The average molecular weight is 417 g/mol. The summed E-state index contributed by atoms with van der Waals surface area (Å²) in [6.45, 7) is 0. The molecule has 0 saturated carbocycles. The number of benzene rings is 4. The summed E-state index contributed by atoms with van der Waals surface area (Å²) in [5.74, 6) is 0.928. The van der Waals surface area contributed by atoms with Crippen molar-refractivity contribution in [1.29, 1.82) is 0 Å². The largest absolute Gasteiger partial charge is 0.456 e. The van der Waals surface area contributed by atoms with E-state index in [1.807, 2.05) is 84.9 Å². The van der Waals surface area contributed by atoms with E-state index < -0.39 is 0 Å². The molecule has 2 heterocycles. The third kappa shape index (κ3) is 2.72. The summed E-state index contributed by atoms with van der Waals surface area (Å²) in [4.78, 5) is 9.24. The van der Waals surface area contributed by atoms with Gasteiger partial charge in [0.2, 0.25) is 0 Å². The molecule has 0 bridgehead atoms. The number of hydrogen-bond acceptors (Lipinski definition) is 3. The molecule has 32 heavy (non-hydrogen) atoms. The molecule has 0 aliphatic carbocycles. The van der Waals surface area contributed by atoms with Gasteiger partial charge in [-0.15, -0.1) is 0 Å². The Labute approximate surface area is 183 Å². The Morgan fingerprint density at radius 2 is 1.12 bits per heavy atom. The minimum absolute atomic E-state index is 0.382. The lowest BCUT2D eigenvalue weighted by Gasteiger charge is -2.07. The van der Waals surface area contributed by atoms with Gasteiger partial charge in [0.1, 0.15) is 28.2 Å². The van der Waals surface area contributed by atoms with Gasteiger partial charge in [0.05, 0.1) is 0 Å². The molecule has 5 nitrogen and oxygen atoms in total.